The summed E-state index contributed by atoms with van der Waals surface area (Å²) in [4.78, 5) is 24.9. The van der Waals surface area contributed by atoms with Crippen LogP contribution in [0.3, 0.4) is 0 Å². The summed E-state index contributed by atoms with van der Waals surface area (Å²) in [6.45, 7) is 0.303. The number of aromatic nitrogens is 3. The standard InChI is InChI=1S/C20H21N5O2S/c1-25-14-22-24-20(25)28-17-9-7-16(8-10-17)23-18(26)11-12-21-19(27)13-15-5-3-2-4-6-15/h2-10,14H,11-13H2,1H3,(H,21,27)(H,23,26). The molecule has 28 heavy (non-hydrogen) atoms. The second-order valence-electron chi connectivity index (χ2n) is 6.16. The molecular weight excluding hydrogens is 374 g/mol. The highest BCUT2D eigenvalue weighted by molar-refractivity contribution is 7.99. The lowest BCUT2D eigenvalue weighted by Gasteiger charge is -2.08. The summed E-state index contributed by atoms with van der Waals surface area (Å²) in [5.74, 6) is -0.238. The minimum Gasteiger partial charge on any atom is -0.355 e. The minimum absolute atomic E-state index is 0.0934. The molecule has 0 saturated heterocycles. The SMILES string of the molecule is Cn1cnnc1Sc1ccc(NC(=O)CCNC(=O)Cc2ccccc2)cc1. The van der Waals surface area contributed by atoms with Gasteiger partial charge in [-0.2, -0.15) is 0 Å². The molecule has 0 bridgehead atoms. The highest BCUT2D eigenvalue weighted by Gasteiger charge is 2.07. The number of aryl methyl sites for hydroxylation is 1. The molecule has 3 aromatic rings. The van der Waals surface area contributed by atoms with Gasteiger partial charge >= 0.3 is 0 Å². The number of nitrogens with one attached hydrogen (secondary N) is 2. The van der Waals surface area contributed by atoms with E-state index >= 15 is 0 Å². The maximum absolute atomic E-state index is 12.0. The molecule has 0 aliphatic heterocycles. The summed E-state index contributed by atoms with van der Waals surface area (Å²) in [5, 5.41) is 14.3. The van der Waals surface area contributed by atoms with Gasteiger partial charge in [-0.15, -0.1) is 10.2 Å². The molecule has 3 rings (SSSR count). The normalized spacial score (nSPS) is 10.5. The molecule has 144 valence electrons. The topological polar surface area (TPSA) is 88.9 Å². The second-order valence-corrected chi connectivity index (χ2v) is 7.20. The van der Waals surface area contributed by atoms with Gasteiger partial charge in [-0.3, -0.25) is 9.59 Å². The van der Waals surface area contributed by atoms with Crippen molar-refractivity contribution in [3.05, 3.63) is 66.5 Å². The monoisotopic (exact) mass is 395 g/mol. The molecule has 2 aromatic carbocycles. The first-order chi connectivity index (χ1) is 13.6. The van der Waals surface area contributed by atoms with Crippen molar-refractivity contribution in [3.63, 3.8) is 0 Å². The van der Waals surface area contributed by atoms with Gasteiger partial charge in [-0.25, -0.2) is 0 Å². The van der Waals surface area contributed by atoms with E-state index in [2.05, 4.69) is 20.8 Å². The smallest absolute Gasteiger partial charge is 0.226 e. The van der Waals surface area contributed by atoms with E-state index in [4.69, 9.17) is 0 Å². The van der Waals surface area contributed by atoms with Crippen molar-refractivity contribution in [3.8, 4) is 0 Å². The van der Waals surface area contributed by atoms with Gasteiger partial charge in [0.25, 0.3) is 0 Å². The van der Waals surface area contributed by atoms with Crippen molar-refractivity contribution in [2.75, 3.05) is 11.9 Å². The molecule has 0 aliphatic rings. The predicted molar refractivity (Wildman–Crippen MR) is 108 cm³/mol. The Morgan fingerprint density at radius 3 is 2.46 bits per heavy atom. The van der Waals surface area contributed by atoms with E-state index in [1.165, 1.54) is 11.8 Å². The van der Waals surface area contributed by atoms with Gasteiger partial charge in [0.15, 0.2) is 5.16 Å². The number of hydrogen-bond donors (Lipinski definition) is 2. The highest BCUT2D eigenvalue weighted by Crippen LogP contribution is 2.26. The number of hydrogen-bond acceptors (Lipinski definition) is 5. The van der Waals surface area contributed by atoms with Crippen molar-refractivity contribution in [2.45, 2.75) is 22.9 Å². The van der Waals surface area contributed by atoms with Crippen LogP contribution in [0.4, 0.5) is 5.69 Å². The number of carbonyl (C=O) groups is 2. The van der Waals surface area contributed by atoms with Gasteiger partial charge in [0.1, 0.15) is 6.33 Å². The summed E-state index contributed by atoms with van der Waals surface area (Å²) in [6.07, 6.45) is 2.18. The summed E-state index contributed by atoms with van der Waals surface area (Å²) >= 11 is 1.50. The zero-order chi connectivity index (χ0) is 19.8. The molecule has 0 fully saturated rings. The van der Waals surface area contributed by atoms with Crippen LogP contribution in [0.1, 0.15) is 12.0 Å². The van der Waals surface area contributed by atoms with Crippen LogP contribution >= 0.6 is 11.8 Å². The van der Waals surface area contributed by atoms with E-state index in [1.54, 1.807) is 6.33 Å². The van der Waals surface area contributed by atoms with Crippen LogP contribution in [0.25, 0.3) is 0 Å². The molecule has 0 radical (unpaired) electrons. The zero-order valence-electron chi connectivity index (χ0n) is 15.5. The third-order valence-electron chi connectivity index (χ3n) is 3.90. The summed E-state index contributed by atoms with van der Waals surface area (Å²) in [6, 6.07) is 17.0. The molecule has 8 heteroatoms. The first-order valence-electron chi connectivity index (χ1n) is 8.82. The van der Waals surface area contributed by atoms with Crippen LogP contribution in [0, 0.1) is 0 Å². The molecule has 2 N–H and O–H groups in total. The quantitative estimate of drug-likeness (QED) is 0.612. The minimum atomic E-state index is -0.145. The Hall–Kier alpha value is -3.13. The average Bonchev–Trinajstić information content (AvgIpc) is 3.09. The van der Waals surface area contributed by atoms with Crippen LogP contribution < -0.4 is 10.6 Å². The highest BCUT2D eigenvalue weighted by atomic mass is 32.2. The van der Waals surface area contributed by atoms with Gasteiger partial charge in [-0.1, -0.05) is 30.3 Å². The number of carbonyl (C=O) groups excluding carboxylic acids is 2. The number of rotatable bonds is 8. The van der Waals surface area contributed by atoms with Crippen molar-refractivity contribution in [1.82, 2.24) is 20.1 Å². The largest absolute Gasteiger partial charge is 0.355 e. The Morgan fingerprint density at radius 1 is 1.04 bits per heavy atom. The fourth-order valence-electron chi connectivity index (χ4n) is 2.46. The third kappa shape index (κ3) is 5.95. The second kappa shape index (κ2) is 9.70. The molecule has 0 aliphatic carbocycles. The Kier molecular flexibility index (Phi) is 6.80. The lowest BCUT2D eigenvalue weighted by Crippen LogP contribution is -2.28. The fourth-order valence-corrected chi connectivity index (χ4v) is 3.22. The Bertz CT molecular complexity index is 925. The summed E-state index contributed by atoms with van der Waals surface area (Å²) in [7, 11) is 1.88. The lowest BCUT2D eigenvalue weighted by atomic mass is 10.1. The number of anilines is 1. The Balaban J connectivity index is 1.39. The van der Waals surface area contributed by atoms with Gasteiger partial charge in [0.2, 0.25) is 11.8 Å². The third-order valence-corrected chi connectivity index (χ3v) is 4.96. The van der Waals surface area contributed by atoms with Crippen molar-refractivity contribution >= 4 is 29.3 Å². The van der Waals surface area contributed by atoms with Crippen LogP contribution in [0.15, 0.2) is 71.0 Å². The Morgan fingerprint density at radius 2 is 1.79 bits per heavy atom. The average molecular weight is 395 g/mol. The predicted octanol–water partition coefficient (Wildman–Crippen LogP) is 2.65. The van der Waals surface area contributed by atoms with Crippen LogP contribution in [0.5, 0.6) is 0 Å². The molecule has 1 heterocycles. The van der Waals surface area contributed by atoms with E-state index in [0.29, 0.717) is 18.7 Å². The summed E-state index contributed by atoms with van der Waals surface area (Å²) in [5.41, 5.74) is 1.66. The number of nitrogens with zero attached hydrogens (tertiary/aromatic N) is 3. The molecule has 0 spiro atoms. The van der Waals surface area contributed by atoms with Crippen LogP contribution in [0.2, 0.25) is 0 Å². The van der Waals surface area contributed by atoms with E-state index in [9.17, 15) is 9.59 Å². The van der Waals surface area contributed by atoms with Crippen molar-refractivity contribution in [1.29, 1.82) is 0 Å². The zero-order valence-corrected chi connectivity index (χ0v) is 16.3. The number of benzene rings is 2. The van der Waals surface area contributed by atoms with Crippen LogP contribution in [-0.2, 0) is 23.1 Å². The van der Waals surface area contributed by atoms with Crippen molar-refractivity contribution < 1.29 is 9.59 Å². The maximum Gasteiger partial charge on any atom is 0.226 e. The van der Waals surface area contributed by atoms with E-state index < -0.39 is 0 Å². The Labute approximate surface area is 167 Å². The van der Waals surface area contributed by atoms with E-state index in [0.717, 1.165) is 15.6 Å². The molecule has 0 unspecified atom stereocenters. The molecule has 7 nitrogen and oxygen atoms in total. The van der Waals surface area contributed by atoms with E-state index in [-0.39, 0.29) is 18.2 Å². The first-order valence-corrected chi connectivity index (χ1v) is 9.64. The first kappa shape index (κ1) is 19.6. The molecular formula is C20H21N5O2S. The van der Waals surface area contributed by atoms with Crippen LogP contribution in [-0.4, -0.2) is 33.1 Å². The van der Waals surface area contributed by atoms with Gasteiger partial charge in [0.05, 0.1) is 6.42 Å². The van der Waals surface area contributed by atoms with Crippen molar-refractivity contribution in [2.24, 2.45) is 7.05 Å². The summed E-state index contributed by atoms with van der Waals surface area (Å²) < 4.78 is 1.84. The van der Waals surface area contributed by atoms with Gasteiger partial charge in [0, 0.05) is 30.6 Å². The van der Waals surface area contributed by atoms with Gasteiger partial charge in [-0.05, 0) is 41.6 Å². The molecule has 0 atom stereocenters. The lowest BCUT2D eigenvalue weighted by molar-refractivity contribution is -0.120. The molecule has 0 saturated carbocycles. The maximum atomic E-state index is 12.0. The van der Waals surface area contributed by atoms with Gasteiger partial charge < -0.3 is 15.2 Å². The molecule has 2 amide bonds. The fraction of sp³-hybridized carbons (Fsp3) is 0.200. The van der Waals surface area contributed by atoms with E-state index in [1.807, 2.05) is 66.2 Å². The number of amides is 2. The molecule has 1 aromatic heterocycles.